The number of halogens is 1. The summed E-state index contributed by atoms with van der Waals surface area (Å²) in [7, 11) is 0. The summed E-state index contributed by atoms with van der Waals surface area (Å²) in [5.74, 6) is 1.07. The highest BCUT2D eigenvalue weighted by molar-refractivity contribution is 6.35. The van der Waals surface area contributed by atoms with E-state index in [0.29, 0.717) is 23.6 Å². The molecule has 2 aromatic heterocycles. The second kappa shape index (κ2) is 4.35. The fourth-order valence-corrected chi connectivity index (χ4v) is 2.35. The van der Waals surface area contributed by atoms with Crippen molar-refractivity contribution >= 4 is 28.8 Å². The van der Waals surface area contributed by atoms with Crippen LogP contribution in [0.1, 0.15) is 16.3 Å². The third-order valence-corrected chi connectivity index (χ3v) is 3.17. The molecule has 0 unspecified atom stereocenters. The average molecular weight is 260 g/mol. The summed E-state index contributed by atoms with van der Waals surface area (Å²) in [6, 6.07) is 11.3. The van der Waals surface area contributed by atoms with Crippen molar-refractivity contribution in [2.75, 3.05) is 0 Å². The van der Waals surface area contributed by atoms with Crippen molar-refractivity contribution < 1.29 is 9.21 Å². The maximum atomic E-state index is 10.6. The van der Waals surface area contributed by atoms with Crippen molar-refractivity contribution in [2.45, 2.75) is 6.54 Å². The number of rotatable bonds is 3. The van der Waals surface area contributed by atoms with Crippen LogP contribution in [-0.2, 0) is 6.54 Å². The number of hydrogen-bond acceptors (Lipinski definition) is 2. The Labute approximate surface area is 109 Å². The van der Waals surface area contributed by atoms with E-state index in [-0.39, 0.29) is 0 Å². The molecule has 0 radical (unpaired) electrons. The Morgan fingerprint density at radius 3 is 2.89 bits per heavy atom. The lowest BCUT2D eigenvalue weighted by molar-refractivity contribution is 0.109. The van der Waals surface area contributed by atoms with Crippen LogP contribution in [0.2, 0.25) is 5.02 Å². The summed E-state index contributed by atoms with van der Waals surface area (Å²) in [5.41, 5.74) is 0.975. The van der Waals surface area contributed by atoms with Crippen molar-refractivity contribution in [3.05, 3.63) is 59.1 Å². The summed E-state index contributed by atoms with van der Waals surface area (Å²) >= 11 is 6.19. The van der Waals surface area contributed by atoms with E-state index in [2.05, 4.69) is 0 Å². The molecule has 0 aliphatic carbocycles. The maximum absolute atomic E-state index is 10.6. The Balaban J connectivity index is 2.02. The molecule has 0 bridgehead atoms. The number of carbonyl (C=O) groups excluding carboxylic acids is 1. The molecular weight excluding hydrogens is 250 g/mol. The van der Waals surface area contributed by atoms with Gasteiger partial charge in [-0.2, -0.15) is 0 Å². The van der Waals surface area contributed by atoms with E-state index >= 15 is 0 Å². The highest BCUT2D eigenvalue weighted by Crippen LogP contribution is 2.25. The molecule has 18 heavy (non-hydrogen) atoms. The van der Waals surface area contributed by atoms with Crippen molar-refractivity contribution in [3.63, 3.8) is 0 Å². The first kappa shape index (κ1) is 11.1. The summed E-state index contributed by atoms with van der Waals surface area (Å²) in [6.07, 6.45) is 2.66. The monoisotopic (exact) mass is 259 g/mol. The minimum absolute atomic E-state index is 0.340. The van der Waals surface area contributed by atoms with E-state index in [4.69, 9.17) is 16.0 Å². The number of nitrogens with zero attached hydrogens (tertiary/aromatic N) is 1. The summed E-state index contributed by atoms with van der Waals surface area (Å²) in [5, 5.41) is 1.80. The molecule has 2 heterocycles. The molecule has 0 spiro atoms. The summed E-state index contributed by atoms with van der Waals surface area (Å²) < 4.78 is 7.37. The lowest BCUT2D eigenvalue weighted by Gasteiger charge is -2.04. The maximum Gasteiger partial charge on any atom is 0.185 e. The van der Waals surface area contributed by atoms with E-state index in [9.17, 15) is 4.79 Å². The Hall–Kier alpha value is -2.00. The molecule has 0 atom stereocenters. The second-order valence-corrected chi connectivity index (χ2v) is 4.45. The number of fused-ring (bicyclic) bond motifs is 1. The van der Waals surface area contributed by atoms with Gasteiger partial charge in [-0.1, -0.05) is 23.7 Å². The minimum Gasteiger partial charge on any atom is -0.456 e. The number of benzene rings is 1. The molecule has 0 aliphatic heterocycles. The van der Waals surface area contributed by atoms with Gasteiger partial charge in [0.05, 0.1) is 17.1 Å². The van der Waals surface area contributed by atoms with Gasteiger partial charge in [-0.05, 0) is 24.3 Å². The molecule has 1 aromatic carbocycles. The molecule has 0 saturated carbocycles. The van der Waals surface area contributed by atoms with Gasteiger partial charge in [0.25, 0.3) is 0 Å². The topological polar surface area (TPSA) is 35.1 Å². The van der Waals surface area contributed by atoms with Gasteiger partial charge in [0.15, 0.2) is 12.0 Å². The van der Waals surface area contributed by atoms with Gasteiger partial charge in [-0.3, -0.25) is 4.79 Å². The Kier molecular flexibility index (Phi) is 2.68. The van der Waals surface area contributed by atoms with Crippen molar-refractivity contribution in [3.8, 4) is 0 Å². The largest absolute Gasteiger partial charge is 0.456 e. The van der Waals surface area contributed by atoms with E-state index < -0.39 is 0 Å². The van der Waals surface area contributed by atoms with Crippen LogP contribution in [0.25, 0.3) is 10.9 Å². The number of para-hydroxylation sites is 1. The third kappa shape index (κ3) is 1.83. The zero-order chi connectivity index (χ0) is 12.5. The van der Waals surface area contributed by atoms with E-state index in [1.54, 1.807) is 12.1 Å². The fourth-order valence-electron chi connectivity index (χ4n) is 2.06. The fraction of sp³-hybridized carbons (Fsp3) is 0.0714. The van der Waals surface area contributed by atoms with E-state index in [1.807, 2.05) is 35.0 Å². The van der Waals surface area contributed by atoms with Crippen molar-refractivity contribution in [1.29, 1.82) is 0 Å². The molecule has 0 fully saturated rings. The highest BCUT2D eigenvalue weighted by Gasteiger charge is 2.07. The molecule has 3 nitrogen and oxygen atoms in total. The van der Waals surface area contributed by atoms with Crippen LogP contribution < -0.4 is 0 Å². The molecule has 90 valence electrons. The predicted octanol–water partition coefficient (Wildman–Crippen LogP) is 3.75. The first-order valence-corrected chi connectivity index (χ1v) is 5.93. The zero-order valence-electron chi connectivity index (χ0n) is 9.47. The Morgan fingerprint density at radius 1 is 1.22 bits per heavy atom. The van der Waals surface area contributed by atoms with Crippen molar-refractivity contribution in [1.82, 2.24) is 4.57 Å². The average Bonchev–Trinajstić information content (AvgIpc) is 2.98. The van der Waals surface area contributed by atoms with Gasteiger partial charge < -0.3 is 8.98 Å². The number of aromatic nitrogens is 1. The molecule has 0 N–H and O–H groups in total. The van der Waals surface area contributed by atoms with Crippen LogP contribution in [0.15, 0.2) is 47.0 Å². The Morgan fingerprint density at radius 2 is 2.11 bits per heavy atom. The number of hydrogen-bond donors (Lipinski definition) is 0. The van der Waals surface area contributed by atoms with Crippen LogP contribution in [-0.4, -0.2) is 10.9 Å². The SMILES string of the molecule is O=Cc1ccc(Cn2ccc3cccc(Cl)c32)o1. The standard InChI is InChI=1S/C14H10ClNO2/c15-13-3-1-2-10-6-7-16(14(10)13)8-11-4-5-12(9-17)18-11/h1-7,9H,8H2. The molecular formula is C14H10ClNO2. The quantitative estimate of drug-likeness (QED) is 0.672. The van der Waals surface area contributed by atoms with Crippen LogP contribution in [0.4, 0.5) is 0 Å². The highest BCUT2D eigenvalue weighted by atomic mass is 35.5. The smallest absolute Gasteiger partial charge is 0.185 e. The van der Waals surface area contributed by atoms with Crippen LogP contribution in [0, 0.1) is 0 Å². The van der Waals surface area contributed by atoms with Gasteiger partial charge in [0.1, 0.15) is 5.76 Å². The minimum atomic E-state index is 0.340. The third-order valence-electron chi connectivity index (χ3n) is 2.86. The van der Waals surface area contributed by atoms with Crippen LogP contribution in [0.5, 0.6) is 0 Å². The lowest BCUT2D eigenvalue weighted by Crippen LogP contribution is -1.96. The normalized spacial score (nSPS) is 10.9. The van der Waals surface area contributed by atoms with Crippen LogP contribution >= 0.6 is 11.6 Å². The number of aldehydes is 1. The van der Waals surface area contributed by atoms with Crippen LogP contribution in [0.3, 0.4) is 0 Å². The van der Waals surface area contributed by atoms with E-state index in [0.717, 1.165) is 16.7 Å². The van der Waals surface area contributed by atoms with Gasteiger partial charge in [-0.25, -0.2) is 0 Å². The van der Waals surface area contributed by atoms with Gasteiger partial charge in [0, 0.05) is 11.6 Å². The zero-order valence-corrected chi connectivity index (χ0v) is 10.2. The lowest BCUT2D eigenvalue weighted by atomic mass is 10.2. The number of furan rings is 1. The summed E-state index contributed by atoms with van der Waals surface area (Å²) in [6.45, 7) is 0.557. The van der Waals surface area contributed by atoms with Gasteiger partial charge in [0.2, 0.25) is 0 Å². The Bertz CT molecular complexity index is 711. The van der Waals surface area contributed by atoms with Gasteiger partial charge in [-0.15, -0.1) is 0 Å². The second-order valence-electron chi connectivity index (χ2n) is 4.04. The van der Waals surface area contributed by atoms with Crippen molar-refractivity contribution in [2.24, 2.45) is 0 Å². The molecule has 3 rings (SSSR count). The molecule has 3 aromatic rings. The molecule has 0 amide bonds. The molecule has 0 saturated heterocycles. The number of carbonyl (C=O) groups is 1. The van der Waals surface area contributed by atoms with Gasteiger partial charge >= 0.3 is 0 Å². The predicted molar refractivity (Wildman–Crippen MR) is 70.1 cm³/mol. The first-order chi connectivity index (χ1) is 8.78. The molecule has 0 aliphatic rings. The molecule has 4 heteroatoms. The first-order valence-electron chi connectivity index (χ1n) is 5.55. The summed E-state index contributed by atoms with van der Waals surface area (Å²) in [4.78, 5) is 10.6. The van der Waals surface area contributed by atoms with E-state index in [1.165, 1.54) is 0 Å².